The van der Waals surface area contributed by atoms with Crippen molar-refractivity contribution < 1.29 is 13.6 Å². The van der Waals surface area contributed by atoms with Gasteiger partial charge in [-0.1, -0.05) is 0 Å². The fraction of sp³-hybridized carbons (Fsp3) is 0.200. The molecule has 0 bridgehead atoms. The molecule has 0 saturated heterocycles. The molecule has 0 atom stereocenters. The second-order valence-electron chi connectivity index (χ2n) is 5.34. The van der Waals surface area contributed by atoms with Gasteiger partial charge in [0.2, 0.25) is 0 Å². The van der Waals surface area contributed by atoms with Crippen molar-refractivity contribution in [1.29, 1.82) is 0 Å². The van der Waals surface area contributed by atoms with Crippen LogP contribution in [0.5, 0.6) is 0 Å². The van der Waals surface area contributed by atoms with E-state index in [9.17, 15) is 13.6 Å². The number of halogens is 2. The first kappa shape index (κ1) is 13.7. The van der Waals surface area contributed by atoms with E-state index in [0.717, 1.165) is 23.5 Å². The Morgan fingerprint density at radius 2 is 2.00 bits per heavy atom. The van der Waals surface area contributed by atoms with Crippen LogP contribution in [0.1, 0.15) is 21.9 Å². The van der Waals surface area contributed by atoms with E-state index in [0.29, 0.717) is 19.5 Å². The van der Waals surface area contributed by atoms with Crippen LogP contribution in [0.3, 0.4) is 0 Å². The molecule has 3 heterocycles. The first-order valence-corrected chi connectivity index (χ1v) is 7.05. The van der Waals surface area contributed by atoms with E-state index in [1.165, 1.54) is 12.1 Å². The van der Waals surface area contributed by atoms with E-state index in [1.807, 2.05) is 0 Å². The summed E-state index contributed by atoms with van der Waals surface area (Å²) in [6, 6.07) is 4.79. The van der Waals surface area contributed by atoms with Crippen molar-refractivity contribution in [3.63, 3.8) is 0 Å². The molecule has 1 aromatic carbocycles. The molecule has 4 rings (SSSR count). The summed E-state index contributed by atoms with van der Waals surface area (Å²) in [5.74, 6) is -1.72. The highest BCUT2D eigenvalue weighted by Gasteiger charge is 2.25. The number of carbonyl (C=O) groups excluding carboxylic acids is 1. The molecule has 1 aliphatic heterocycles. The van der Waals surface area contributed by atoms with Gasteiger partial charge >= 0.3 is 0 Å². The minimum absolute atomic E-state index is 0.118. The molecule has 116 valence electrons. The molecular formula is C15H11F2N5O. The van der Waals surface area contributed by atoms with Crippen LogP contribution in [-0.2, 0) is 13.0 Å². The third kappa shape index (κ3) is 2.32. The predicted molar refractivity (Wildman–Crippen MR) is 76.5 cm³/mol. The molecular weight excluding hydrogens is 304 g/mol. The van der Waals surface area contributed by atoms with Gasteiger partial charge in [-0.15, -0.1) is 0 Å². The third-order valence-corrected chi connectivity index (χ3v) is 3.89. The maximum absolute atomic E-state index is 13.7. The van der Waals surface area contributed by atoms with Gasteiger partial charge in [0.25, 0.3) is 5.91 Å². The number of pyridine rings is 1. The standard InChI is InChI=1S/C15H11F2N5O/c16-8-5-10(17)9-1-2-12(18-13(9)6-8)15(23)22-4-3-11-14(7-22)20-21-19-11/h1-2,5-6H,3-4,7H2,(H,19,20,21). The Morgan fingerprint density at radius 1 is 1.17 bits per heavy atom. The van der Waals surface area contributed by atoms with Gasteiger partial charge < -0.3 is 4.90 Å². The summed E-state index contributed by atoms with van der Waals surface area (Å²) in [5, 5.41) is 10.7. The molecule has 1 amide bonds. The van der Waals surface area contributed by atoms with Gasteiger partial charge in [0, 0.05) is 30.5 Å². The molecule has 1 N–H and O–H groups in total. The van der Waals surface area contributed by atoms with E-state index >= 15 is 0 Å². The van der Waals surface area contributed by atoms with E-state index in [-0.39, 0.29) is 22.5 Å². The highest BCUT2D eigenvalue weighted by atomic mass is 19.1. The summed E-state index contributed by atoms with van der Waals surface area (Å²) in [7, 11) is 0. The number of carbonyl (C=O) groups is 1. The summed E-state index contributed by atoms with van der Waals surface area (Å²) in [6.07, 6.45) is 0.606. The SMILES string of the molecule is O=C(c1ccc2c(F)cc(F)cc2n1)N1CCc2n[nH]nc2C1. The maximum atomic E-state index is 13.7. The number of H-pyrrole nitrogens is 1. The summed E-state index contributed by atoms with van der Waals surface area (Å²) >= 11 is 0. The second kappa shape index (κ2) is 5.08. The zero-order chi connectivity index (χ0) is 16.0. The zero-order valence-corrected chi connectivity index (χ0v) is 11.9. The summed E-state index contributed by atoms with van der Waals surface area (Å²) in [5.41, 5.74) is 1.84. The average Bonchev–Trinajstić information content (AvgIpc) is 3.01. The lowest BCUT2D eigenvalue weighted by molar-refractivity contribution is 0.0726. The fourth-order valence-corrected chi connectivity index (χ4v) is 2.71. The molecule has 0 unspecified atom stereocenters. The lowest BCUT2D eigenvalue weighted by Gasteiger charge is -2.25. The van der Waals surface area contributed by atoms with E-state index in [1.54, 1.807) is 4.90 Å². The Hall–Kier alpha value is -2.90. The van der Waals surface area contributed by atoms with Crippen LogP contribution in [0.25, 0.3) is 10.9 Å². The number of fused-ring (bicyclic) bond motifs is 2. The van der Waals surface area contributed by atoms with Gasteiger partial charge in [-0.3, -0.25) is 4.79 Å². The number of aromatic nitrogens is 4. The number of hydrogen-bond acceptors (Lipinski definition) is 4. The minimum Gasteiger partial charge on any atom is -0.331 e. The normalized spacial score (nSPS) is 14.1. The van der Waals surface area contributed by atoms with Gasteiger partial charge in [-0.2, -0.15) is 15.4 Å². The van der Waals surface area contributed by atoms with E-state index < -0.39 is 11.6 Å². The number of hydrogen-bond donors (Lipinski definition) is 1. The number of nitrogens with zero attached hydrogens (tertiary/aromatic N) is 4. The highest BCUT2D eigenvalue weighted by molar-refractivity contribution is 5.95. The average molecular weight is 315 g/mol. The van der Waals surface area contributed by atoms with Gasteiger partial charge in [0.05, 0.1) is 17.8 Å². The monoisotopic (exact) mass is 315 g/mol. The summed E-state index contributed by atoms with van der Waals surface area (Å²) in [6.45, 7) is 0.831. The van der Waals surface area contributed by atoms with Crippen molar-refractivity contribution in [3.8, 4) is 0 Å². The molecule has 0 aliphatic carbocycles. The second-order valence-corrected chi connectivity index (χ2v) is 5.34. The fourth-order valence-electron chi connectivity index (χ4n) is 2.71. The lowest BCUT2D eigenvalue weighted by atomic mass is 10.1. The molecule has 0 fully saturated rings. The number of benzene rings is 1. The smallest absolute Gasteiger partial charge is 0.272 e. The van der Waals surface area contributed by atoms with Crippen molar-refractivity contribution >= 4 is 16.8 Å². The molecule has 3 aromatic rings. The molecule has 0 saturated carbocycles. The van der Waals surface area contributed by atoms with Gasteiger partial charge in [-0.05, 0) is 12.1 Å². The first-order valence-electron chi connectivity index (χ1n) is 7.05. The molecule has 8 heteroatoms. The van der Waals surface area contributed by atoms with Gasteiger partial charge in [-0.25, -0.2) is 13.8 Å². The van der Waals surface area contributed by atoms with Crippen LogP contribution in [-0.4, -0.2) is 37.7 Å². The van der Waals surface area contributed by atoms with Crippen LogP contribution in [0, 0.1) is 11.6 Å². The van der Waals surface area contributed by atoms with Crippen molar-refractivity contribution in [2.75, 3.05) is 6.54 Å². The van der Waals surface area contributed by atoms with E-state index in [2.05, 4.69) is 20.4 Å². The Kier molecular flexibility index (Phi) is 3.03. The summed E-state index contributed by atoms with van der Waals surface area (Å²) in [4.78, 5) is 18.3. The number of aromatic amines is 1. The van der Waals surface area contributed by atoms with Gasteiger partial charge in [0.15, 0.2) is 0 Å². The maximum Gasteiger partial charge on any atom is 0.272 e. The van der Waals surface area contributed by atoms with Crippen LogP contribution in [0.15, 0.2) is 24.3 Å². The van der Waals surface area contributed by atoms with Crippen LogP contribution >= 0.6 is 0 Å². The Bertz CT molecular complexity index is 923. The Balaban J connectivity index is 1.68. The molecule has 0 radical (unpaired) electrons. The lowest BCUT2D eigenvalue weighted by Crippen LogP contribution is -2.36. The van der Waals surface area contributed by atoms with Crippen molar-refractivity contribution in [1.82, 2.24) is 25.3 Å². The van der Waals surface area contributed by atoms with Crippen molar-refractivity contribution in [2.24, 2.45) is 0 Å². The van der Waals surface area contributed by atoms with E-state index in [4.69, 9.17) is 0 Å². The topological polar surface area (TPSA) is 74.8 Å². The zero-order valence-electron chi connectivity index (χ0n) is 11.9. The number of nitrogens with one attached hydrogen (secondary N) is 1. The Labute approximate surface area is 129 Å². The van der Waals surface area contributed by atoms with Crippen LogP contribution in [0.4, 0.5) is 8.78 Å². The van der Waals surface area contributed by atoms with Crippen molar-refractivity contribution in [3.05, 3.63) is 53.0 Å². The molecule has 23 heavy (non-hydrogen) atoms. The molecule has 1 aliphatic rings. The van der Waals surface area contributed by atoms with Crippen LogP contribution < -0.4 is 0 Å². The third-order valence-electron chi connectivity index (χ3n) is 3.89. The largest absolute Gasteiger partial charge is 0.331 e. The highest BCUT2D eigenvalue weighted by Crippen LogP contribution is 2.20. The number of rotatable bonds is 1. The quantitative estimate of drug-likeness (QED) is 0.743. The minimum atomic E-state index is -0.725. The van der Waals surface area contributed by atoms with Gasteiger partial charge in [0.1, 0.15) is 23.0 Å². The predicted octanol–water partition coefficient (Wildman–Crippen LogP) is 1.83. The van der Waals surface area contributed by atoms with Crippen LogP contribution in [0.2, 0.25) is 0 Å². The molecule has 6 nitrogen and oxygen atoms in total. The van der Waals surface area contributed by atoms with Crippen molar-refractivity contribution in [2.45, 2.75) is 13.0 Å². The Morgan fingerprint density at radius 3 is 2.87 bits per heavy atom. The molecule has 0 spiro atoms. The first-order chi connectivity index (χ1) is 11.1. The summed E-state index contributed by atoms with van der Waals surface area (Å²) < 4.78 is 27.0. The number of amides is 1. The molecule has 2 aromatic heterocycles.